The zero-order chi connectivity index (χ0) is 8.27. The quantitative estimate of drug-likeness (QED) is 0.602. The summed E-state index contributed by atoms with van der Waals surface area (Å²) in [6, 6.07) is 1.86. The van der Waals surface area contributed by atoms with Gasteiger partial charge in [0.25, 0.3) is 0 Å². The van der Waals surface area contributed by atoms with E-state index < -0.39 is 0 Å². The molecule has 11 heavy (non-hydrogen) atoms. The highest BCUT2D eigenvalue weighted by Crippen LogP contribution is 2.03. The standard InChI is InChI=1S/C9H11NO/c1-3-9(11)8-4-7(2)5-10-6-8/h4-6H,3H2,1-2H3. The predicted octanol–water partition coefficient (Wildman–Crippen LogP) is 1.98. The smallest absolute Gasteiger partial charge is 0.164 e. The average molecular weight is 149 g/mol. The van der Waals surface area contributed by atoms with E-state index in [9.17, 15) is 4.79 Å². The summed E-state index contributed by atoms with van der Waals surface area (Å²) in [4.78, 5) is 15.1. The van der Waals surface area contributed by atoms with Crippen LogP contribution >= 0.6 is 0 Å². The molecule has 0 saturated carbocycles. The van der Waals surface area contributed by atoms with Crippen LogP contribution in [0.5, 0.6) is 0 Å². The summed E-state index contributed by atoms with van der Waals surface area (Å²) < 4.78 is 0. The Kier molecular flexibility index (Phi) is 2.36. The molecule has 2 nitrogen and oxygen atoms in total. The molecule has 1 aromatic heterocycles. The molecule has 0 bridgehead atoms. The highest BCUT2D eigenvalue weighted by molar-refractivity contribution is 5.95. The zero-order valence-corrected chi connectivity index (χ0v) is 6.79. The maximum Gasteiger partial charge on any atom is 0.164 e. The van der Waals surface area contributed by atoms with Crippen LogP contribution in [0.3, 0.4) is 0 Å². The number of Topliss-reactive ketones (excluding diaryl/α,β-unsaturated/α-hetero) is 1. The van der Waals surface area contributed by atoms with Crippen LogP contribution in [0.2, 0.25) is 0 Å². The number of hydrogen-bond acceptors (Lipinski definition) is 2. The van der Waals surface area contributed by atoms with Crippen molar-refractivity contribution < 1.29 is 4.79 Å². The first kappa shape index (κ1) is 7.92. The lowest BCUT2D eigenvalue weighted by Crippen LogP contribution is -1.97. The summed E-state index contributed by atoms with van der Waals surface area (Å²) in [6.07, 6.45) is 3.90. The Balaban J connectivity index is 2.96. The Morgan fingerprint density at radius 3 is 2.82 bits per heavy atom. The highest BCUT2D eigenvalue weighted by Gasteiger charge is 2.01. The van der Waals surface area contributed by atoms with E-state index in [-0.39, 0.29) is 5.78 Å². The Bertz CT molecular complexity index is 268. The van der Waals surface area contributed by atoms with E-state index in [4.69, 9.17) is 0 Å². The molecular formula is C9H11NO. The van der Waals surface area contributed by atoms with Gasteiger partial charge in [0.1, 0.15) is 0 Å². The van der Waals surface area contributed by atoms with Gasteiger partial charge in [0.2, 0.25) is 0 Å². The number of carbonyl (C=O) groups excluding carboxylic acids is 1. The molecule has 2 heteroatoms. The average Bonchev–Trinajstić information content (AvgIpc) is 2.03. The second-order valence-corrected chi connectivity index (χ2v) is 2.53. The normalized spacial score (nSPS) is 9.64. The minimum absolute atomic E-state index is 0.154. The molecule has 0 fully saturated rings. The molecule has 0 atom stereocenters. The van der Waals surface area contributed by atoms with Gasteiger partial charge in [-0.3, -0.25) is 9.78 Å². The first-order chi connectivity index (χ1) is 5.24. The van der Waals surface area contributed by atoms with Crippen LogP contribution in [0.25, 0.3) is 0 Å². The third kappa shape index (κ3) is 1.87. The lowest BCUT2D eigenvalue weighted by atomic mass is 10.1. The van der Waals surface area contributed by atoms with Crippen LogP contribution in [-0.2, 0) is 0 Å². The number of aryl methyl sites for hydroxylation is 1. The first-order valence-electron chi connectivity index (χ1n) is 3.69. The summed E-state index contributed by atoms with van der Waals surface area (Å²) in [5.41, 5.74) is 1.75. The van der Waals surface area contributed by atoms with Gasteiger partial charge in [0.05, 0.1) is 0 Å². The van der Waals surface area contributed by atoms with E-state index in [0.29, 0.717) is 12.0 Å². The minimum atomic E-state index is 0.154. The van der Waals surface area contributed by atoms with Crippen LogP contribution in [0.1, 0.15) is 29.3 Å². The lowest BCUT2D eigenvalue weighted by molar-refractivity contribution is 0.0987. The third-order valence-electron chi connectivity index (χ3n) is 1.52. The third-order valence-corrected chi connectivity index (χ3v) is 1.52. The second kappa shape index (κ2) is 3.28. The van der Waals surface area contributed by atoms with Crippen molar-refractivity contribution in [3.05, 3.63) is 29.6 Å². The van der Waals surface area contributed by atoms with Crippen molar-refractivity contribution >= 4 is 5.78 Å². The topological polar surface area (TPSA) is 30.0 Å². The molecule has 0 amide bonds. The van der Waals surface area contributed by atoms with Gasteiger partial charge < -0.3 is 0 Å². The number of aromatic nitrogens is 1. The summed E-state index contributed by atoms with van der Waals surface area (Å²) in [6.45, 7) is 3.78. The Hall–Kier alpha value is -1.18. The maximum absolute atomic E-state index is 11.1. The molecule has 1 heterocycles. The van der Waals surface area contributed by atoms with Crippen molar-refractivity contribution in [3.8, 4) is 0 Å². The van der Waals surface area contributed by atoms with Gasteiger partial charge in [-0.1, -0.05) is 6.92 Å². The molecule has 0 N–H and O–H groups in total. The van der Waals surface area contributed by atoms with E-state index in [1.165, 1.54) is 0 Å². The van der Waals surface area contributed by atoms with Gasteiger partial charge in [-0.15, -0.1) is 0 Å². The van der Waals surface area contributed by atoms with Gasteiger partial charge in [-0.2, -0.15) is 0 Å². The van der Waals surface area contributed by atoms with Crippen molar-refractivity contribution in [2.24, 2.45) is 0 Å². The largest absolute Gasteiger partial charge is 0.294 e. The maximum atomic E-state index is 11.1. The fraction of sp³-hybridized carbons (Fsp3) is 0.333. The summed E-state index contributed by atoms with van der Waals surface area (Å²) >= 11 is 0. The zero-order valence-electron chi connectivity index (χ0n) is 6.79. The first-order valence-corrected chi connectivity index (χ1v) is 3.69. The Morgan fingerprint density at radius 2 is 2.27 bits per heavy atom. The van der Waals surface area contributed by atoms with E-state index in [1.807, 2.05) is 19.9 Å². The highest BCUT2D eigenvalue weighted by atomic mass is 16.1. The van der Waals surface area contributed by atoms with Crippen molar-refractivity contribution in [2.75, 3.05) is 0 Å². The summed E-state index contributed by atoms with van der Waals surface area (Å²) in [5.74, 6) is 0.154. The van der Waals surface area contributed by atoms with Gasteiger partial charge >= 0.3 is 0 Å². The van der Waals surface area contributed by atoms with E-state index in [1.54, 1.807) is 12.4 Å². The number of hydrogen-bond donors (Lipinski definition) is 0. The monoisotopic (exact) mass is 149 g/mol. The second-order valence-electron chi connectivity index (χ2n) is 2.53. The van der Waals surface area contributed by atoms with Crippen molar-refractivity contribution in [1.82, 2.24) is 4.98 Å². The Morgan fingerprint density at radius 1 is 1.55 bits per heavy atom. The number of ketones is 1. The van der Waals surface area contributed by atoms with E-state index >= 15 is 0 Å². The fourth-order valence-corrected chi connectivity index (χ4v) is 0.912. The molecule has 1 aromatic rings. The molecule has 0 unspecified atom stereocenters. The van der Waals surface area contributed by atoms with E-state index in [2.05, 4.69) is 4.98 Å². The van der Waals surface area contributed by atoms with Crippen molar-refractivity contribution in [3.63, 3.8) is 0 Å². The number of nitrogens with zero attached hydrogens (tertiary/aromatic N) is 1. The number of rotatable bonds is 2. The molecule has 0 spiro atoms. The molecule has 0 aliphatic carbocycles. The molecule has 0 aromatic carbocycles. The number of pyridine rings is 1. The van der Waals surface area contributed by atoms with E-state index in [0.717, 1.165) is 5.56 Å². The molecule has 0 radical (unpaired) electrons. The lowest BCUT2D eigenvalue weighted by Gasteiger charge is -1.96. The fourth-order valence-electron chi connectivity index (χ4n) is 0.912. The molecule has 0 aliphatic heterocycles. The van der Waals surface area contributed by atoms with Crippen LogP contribution in [0, 0.1) is 6.92 Å². The van der Waals surface area contributed by atoms with Crippen molar-refractivity contribution in [2.45, 2.75) is 20.3 Å². The van der Waals surface area contributed by atoms with Gasteiger partial charge in [0, 0.05) is 24.4 Å². The van der Waals surface area contributed by atoms with Gasteiger partial charge in [-0.25, -0.2) is 0 Å². The molecule has 0 aliphatic rings. The summed E-state index contributed by atoms with van der Waals surface area (Å²) in [5, 5.41) is 0. The Labute approximate surface area is 66.3 Å². The summed E-state index contributed by atoms with van der Waals surface area (Å²) in [7, 11) is 0. The van der Waals surface area contributed by atoms with Gasteiger partial charge in [-0.05, 0) is 18.6 Å². The van der Waals surface area contributed by atoms with Crippen LogP contribution in [0.15, 0.2) is 18.5 Å². The minimum Gasteiger partial charge on any atom is -0.294 e. The number of carbonyl (C=O) groups is 1. The molecule has 58 valence electrons. The SMILES string of the molecule is CCC(=O)c1cncc(C)c1. The molecular weight excluding hydrogens is 138 g/mol. The molecule has 0 saturated heterocycles. The van der Waals surface area contributed by atoms with Gasteiger partial charge in [0.15, 0.2) is 5.78 Å². The van der Waals surface area contributed by atoms with Crippen LogP contribution in [0.4, 0.5) is 0 Å². The van der Waals surface area contributed by atoms with Crippen molar-refractivity contribution in [1.29, 1.82) is 0 Å². The molecule has 1 rings (SSSR count). The van der Waals surface area contributed by atoms with Crippen LogP contribution in [-0.4, -0.2) is 10.8 Å². The van der Waals surface area contributed by atoms with Crippen LogP contribution < -0.4 is 0 Å². The predicted molar refractivity (Wildman–Crippen MR) is 43.6 cm³/mol.